The average Bonchev–Trinajstić information content (AvgIpc) is 2.81. The van der Waals surface area contributed by atoms with E-state index in [9.17, 15) is 4.39 Å². The third-order valence-corrected chi connectivity index (χ3v) is 4.25. The van der Waals surface area contributed by atoms with Crippen molar-refractivity contribution in [3.05, 3.63) is 28.0 Å². The van der Waals surface area contributed by atoms with Gasteiger partial charge >= 0.3 is 0 Å². The molecule has 2 rings (SSSR count). The Bertz CT molecular complexity index is 428. The number of hydrogen-bond donors (Lipinski definition) is 1. The van der Waals surface area contributed by atoms with Crippen LogP contribution in [0.4, 0.5) is 10.1 Å². The molecule has 0 spiro atoms. The molecule has 1 aromatic rings. The Kier molecular flexibility index (Phi) is 4.59. The molecule has 1 aliphatic rings. The Morgan fingerprint density at radius 2 is 2.33 bits per heavy atom. The van der Waals surface area contributed by atoms with Crippen molar-refractivity contribution in [2.45, 2.75) is 13.0 Å². The smallest absolute Gasteiger partial charge is 0.160 e. The lowest BCUT2D eigenvalue weighted by atomic mass is 10.1. The van der Waals surface area contributed by atoms with Crippen LogP contribution in [0.25, 0.3) is 0 Å². The molecule has 1 fully saturated rings. The van der Waals surface area contributed by atoms with Crippen molar-refractivity contribution in [1.82, 2.24) is 0 Å². The fraction of sp³-hybridized carbons (Fsp3) is 0.538. The van der Waals surface area contributed by atoms with Crippen LogP contribution in [0.1, 0.15) is 12.0 Å². The normalized spacial score (nSPS) is 19.6. The molecule has 5 heteroatoms. The summed E-state index contributed by atoms with van der Waals surface area (Å²) in [6.45, 7) is 2.79. The highest BCUT2D eigenvalue weighted by molar-refractivity contribution is 9.10. The maximum atomic E-state index is 14.2. The number of ether oxygens (including phenoxy) is 1. The molecule has 0 aromatic heterocycles. The summed E-state index contributed by atoms with van der Waals surface area (Å²) in [6.07, 6.45) is 1.05. The number of benzene rings is 1. The summed E-state index contributed by atoms with van der Waals surface area (Å²) in [5.41, 5.74) is 7.00. The van der Waals surface area contributed by atoms with Crippen molar-refractivity contribution < 1.29 is 9.13 Å². The van der Waals surface area contributed by atoms with Gasteiger partial charge in [-0.3, -0.25) is 0 Å². The van der Waals surface area contributed by atoms with Gasteiger partial charge in [-0.15, -0.1) is 0 Å². The summed E-state index contributed by atoms with van der Waals surface area (Å²) in [5, 5.41) is 0. The van der Waals surface area contributed by atoms with E-state index in [1.54, 1.807) is 7.11 Å². The molecule has 1 aliphatic heterocycles. The van der Waals surface area contributed by atoms with Crippen molar-refractivity contribution in [3.63, 3.8) is 0 Å². The van der Waals surface area contributed by atoms with Gasteiger partial charge in [-0.25, -0.2) is 4.39 Å². The number of halogens is 2. The van der Waals surface area contributed by atoms with Gasteiger partial charge in [0.15, 0.2) is 5.82 Å². The molecule has 0 saturated carbocycles. The minimum Gasteiger partial charge on any atom is -0.384 e. The monoisotopic (exact) mass is 316 g/mol. The first-order valence-corrected chi connectivity index (χ1v) is 6.87. The van der Waals surface area contributed by atoms with E-state index in [1.807, 2.05) is 12.1 Å². The Hall–Kier alpha value is -0.650. The van der Waals surface area contributed by atoms with Gasteiger partial charge in [0, 0.05) is 32.7 Å². The first-order chi connectivity index (χ1) is 8.67. The SMILES string of the molecule is COCC1CCN(c2ccc(CN)c(Br)c2F)C1. The van der Waals surface area contributed by atoms with Crippen LogP contribution in [-0.4, -0.2) is 26.8 Å². The fourth-order valence-electron chi connectivity index (χ4n) is 2.40. The second-order valence-corrected chi connectivity index (χ2v) is 5.42. The Labute approximate surface area is 115 Å². The topological polar surface area (TPSA) is 38.5 Å². The Morgan fingerprint density at radius 3 is 3.00 bits per heavy atom. The van der Waals surface area contributed by atoms with Crippen LogP contribution in [0, 0.1) is 11.7 Å². The first kappa shape index (κ1) is 13.8. The van der Waals surface area contributed by atoms with E-state index in [2.05, 4.69) is 20.8 Å². The second-order valence-electron chi connectivity index (χ2n) is 4.63. The zero-order chi connectivity index (χ0) is 13.1. The maximum absolute atomic E-state index is 14.2. The van der Waals surface area contributed by atoms with E-state index in [0.29, 0.717) is 22.6 Å². The summed E-state index contributed by atoms with van der Waals surface area (Å²) in [7, 11) is 1.70. The Balaban J connectivity index is 2.17. The van der Waals surface area contributed by atoms with E-state index >= 15 is 0 Å². The lowest BCUT2D eigenvalue weighted by Gasteiger charge is -2.20. The summed E-state index contributed by atoms with van der Waals surface area (Å²) < 4.78 is 19.9. The molecule has 1 heterocycles. The predicted molar refractivity (Wildman–Crippen MR) is 74.2 cm³/mol. The standard InChI is InChI=1S/C13H18BrFN2O/c1-18-8-9-4-5-17(7-9)11-3-2-10(6-16)12(14)13(11)15/h2-3,9H,4-8,16H2,1H3. The van der Waals surface area contributed by atoms with Crippen LogP contribution in [0.15, 0.2) is 16.6 Å². The molecule has 1 unspecified atom stereocenters. The van der Waals surface area contributed by atoms with E-state index < -0.39 is 0 Å². The molecule has 3 nitrogen and oxygen atoms in total. The zero-order valence-corrected chi connectivity index (χ0v) is 12.0. The highest BCUT2D eigenvalue weighted by Gasteiger charge is 2.25. The zero-order valence-electron chi connectivity index (χ0n) is 10.5. The quantitative estimate of drug-likeness (QED) is 0.927. The highest BCUT2D eigenvalue weighted by Crippen LogP contribution is 2.32. The number of nitrogens with zero attached hydrogens (tertiary/aromatic N) is 1. The van der Waals surface area contributed by atoms with Crippen molar-refractivity contribution in [1.29, 1.82) is 0 Å². The molecular formula is C13H18BrFN2O. The summed E-state index contributed by atoms with van der Waals surface area (Å²) in [4.78, 5) is 2.07. The number of nitrogens with two attached hydrogens (primary N) is 1. The van der Waals surface area contributed by atoms with Gasteiger partial charge < -0.3 is 15.4 Å². The third kappa shape index (κ3) is 2.68. The molecule has 0 amide bonds. The van der Waals surface area contributed by atoms with E-state index in [1.165, 1.54) is 0 Å². The number of methoxy groups -OCH3 is 1. The molecule has 100 valence electrons. The van der Waals surface area contributed by atoms with Crippen molar-refractivity contribution in [2.24, 2.45) is 11.7 Å². The van der Waals surface area contributed by atoms with E-state index in [4.69, 9.17) is 10.5 Å². The van der Waals surface area contributed by atoms with Crippen LogP contribution >= 0.6 is 15.9 Å². The number of rotatable bonds is 4. The van der Waals surface area contributed by atoms with Crippen LogP contribution in [0.3, 0.4) is 0 Å². The van der Waals surface area contributed by atoms with Gasteiger partial charge in [-0.05, 0) is 34.0 Å². The molecule has 1 saturated heterocycles. The van der Waals surface area contributed by atoms with Crippen LogP contribution < -0.4 is 10.6 Å². The molecule has 2 N–H and O–H groups in total. The van der Waals surface area contributed by atoms with Crippen LogP contribution in [0.5, 0.6) is 0 Å². The molecule has 1 aromatic carbocycles. The minimum absolute atomic E-state index is 0.212. The minimum atomic E-state index is -0.212. The molecule has 0 bridgehead atoms. The van der Waals surface area contributed by atoms with Crippen LogP contribution in [-0.2, 0) is 11.3 Å². The maximum Gasteiger partial charge on any atom is 0.160 e. The third-order valence-electron chi connectivity index (χ3n) is 3.39. The number of hydrogen-bond acceptors (Lipinski definition) is 3. The van der Waals surface area contributed by atoms with Crippen molar-refractivity contribution in [2.75, 3.05) is 31.7 Å². The van der Waals surface area contributed by atoms with Gasteiger partial charge in [0.25, 0.3) is 0 Å². The molecule has 0 radical (unpaired) electrons. The summed E-state index contributed by atoms with van der Waals surface area (Å²) in [6, 6.07) is 3.70. The van der Waals surface area contributed by atoms with E-state index in [0.717, 1.165) is 31.7 Å². The molecule has 0 aliphatic carbocycles. The Morgan fingerprint density at radius 1 is 1.56 bits per heavy atom. The number of anilines is 1. The van der Waals surface area contributed by atoms with Crippen LogP contribution in [0.2, 0.25) is 0 Å². The fourth-order valence-corrected chi connectivity index (χ4v) is 2.90. The summed E-state index contributed by atoms with van der Waals surface area (Å²) in [5.74, 6) is 0.276. The van der Waals surface area contributed by atoms with E-state index in [-0.39, 0.29) is 5.82 Å². The highest BCUT2D eigenvalue weighted by atomic mass is 79.9. The van der Waals surface area contributed by atoms with Gasteiger partial charge in [-0.2, -0.15) is 0 Å². The predicted octanol–water partition coefficient (Wildman–Crippen LogP) is 2.52. The summed E-state index contributed by atoms with van der Waals surface area (Å²) >= 11 is 3.28. The molecular weight excluding hydrogens is 299 g/mol. The molecule has 1 atom stereocenters. The van der Waals surface area contributed by atoms with Gasteiger partial charge in [0.05, 0.1) is 16.8 Å². The average molecular weight is 317 g/mol. The van der Waals surface area contributed by atoms with Crippen molar-refractivity contribution >= 4 is 21.6 Å². The lowest BCUT2D eigenvalue weighted by molar-refractivity contribution is 0.161. The first-order valence-electron chi connectivity index (χ1n) is 6.08. The largest absolute Gasteiger partial charge is 0.384 e. The lowest BCUT2D eigenvalue weighted by Crippen LogP contribution is -2.22. The van der Waals surface area contributed by atoms with Gasteiger partial charge in [0.1, 0.15) is 0 Å². The second kappa shape index (κ2) is 5.99. The van der Waals surface area contributed by atoms with Gasteiger partial charge in [-0.1, -0.05) is 6.07 Å². The molecule has 18 heavy (non-hydrogen) atoms. The van der Waals surface area contributed by atoms with Crippen molar-refractivity contribution in [3.8, 4) is 0 Å². The van der Waals surface area contributed by atoms with Gasteiger partial charge in [0.2, 0.25) is 0 Å².